The number of hydrogen-bond donors (Lipinski definition) is 3. The Hall–Kier alpha value is -1.36. The number of phenols is 2. The summed E-state index contributed by atoms with van der Waals surface area (Å²) in [5.74, 6) is 2.33. The molecular weight excluding hydrogens is 250 g/mol. The number of rotatable bonds is 3. The largest absolute Gasteiger partial charge is 0.508 e. The van der Waals surface area contributed by atoms with Gasteiger partial charge in [-0.25, -0.2) is 0 Å². The van der Waals surface area contributed by atoms with Crippen LogP contribution < -0.4 is 5.32 Å². The maximum absolute atomic E-state index is 11.9. The average Bonchev–Trinajstić information content (AvgIpc) is 2.37. The maximum atomic E-state index is 11.9. The standard InChI is InChI=1S/C13H17NO3S/c15-10-1-2-11(12(16)7-10)13(17)14-8-9-3-5-18-6-4-9/h1-2,7,9,15-16H,3-6,8H2,(H,14,17). The molecule has 0 aromatic heterocycles. The number of carbonyl (C=O) groups excluding carboxylic acids is 1. The minimum Gasteiger partial charge on any atom is -0.508 e. The van der Waals surface area contributed by atoms with Gasteiger partial charge in [0.05, 0.1) is 5.56 Å². The third-order valence-corrected chi connectivity index (χ3v) is 4.17. The van der Waals surface area contributed by atoms with Gasteiger partial charge in [0.25, 0.3) is 5.91 Å². The van der Waals surface area contributed by atoms with Gasteiger partial charge in [0, 0.05) is 12.6 Å². The van der Waals surface area contributed by atoms with Crippen LogP contribution in [0.5, 0.6) is 11.5 Å². The lowest BCUT2D eigenvalue weighted by Crippen LogP contribution is -2.30. The molecule has 0 radical (unpaired) electrons. The predicted molar refractivity (Wildman–Crippen MR) is 72.2 cm³/mol. The smallest absolute Gasteiger partial charge is 0.255 e. The first-order valence-corrected chi connectivity index (χ1v) is 7.20. The zero-order valence-electron chi connectivity index (χ0n) is 10.1. The van der Waals surface area contributed by atoms with Crippen LogP contribution in [0.25, 0.3) is 0 Å². The fraction of sp³-hybridized carbons (Fsp3) is 0.462. The molecule has 1 fully saturated rings. The van der Waals surface area contributed by atoms with Gasteiger partial charge in [-0.2, -0.15) is 11.8 Å². The maximum Gasteiger partial charge on any atom is 0.255 e. The molecule has 3 N–H and O–H groups in total. The van der Waals surface area contributed by atoms with Crippen molar-refractivity contribution in [1.82, 2.24) is 5.32 Å². The number of amides is 1. The number of benzene rings is 1. The number of hydrogen-bond acceptors (Lipinski definition) is 4. The Bertz CT molecular complexity index is 430. The molecule has 2 rings (SSSR count). The van der Waals surface area contributed by atoms with E-state index in [9.17, 15) is 9.90 Å². The molecule has 18 heavy (non-hydrogen) atoms. The van der Waals surface area contributed by atoms with Crippen LogP contribution in [0, 0.1) is 5.92 Å². The topological polar surface area (TPSA) is 69.6 Å². The Kier molecular flexibility index (Phi) is 4.36. The van der Waals surface area contributed by atoms with Gasteiger partial charge in [-0.15, -0.1) is 0 Å². The highest BCUT2D eigenvalue weighted by Gasteiger charge is 2.16. The van der Waals surface area contributed by atoms with Crippen LogP contribution in [0.3, 0.4) is 0 Å². The molecule has 1 aromatic rings. The Morgan fingerprint density at radius 2 is 2.06 bits per heavy atom. The quantitative estimate of drug-likeness (QED) is 0.783. The molecule has 5 heteroatoms. The van der Waals surface area contributed by atoms with Crippen LogP contribution in [0.15, 0.2) is 18.2 Å². The summed E-state index contributed by atoms with van der Waals surface area (Å²) in [6, 6.07) is 3.99. The van der Waals surface area contributed by atoms with Gasteiger partial charge in [-0.1, -0.05) is 0 Å². The van der Waals surface area contributed by atoms with E-state index in [1.165, 1.54) is 18.2 Å². The molecule has 1 aromatic carbocycles. The molecule has 98 valence electrons. The highest BCUT2D eigenvalue weighted by Crippen LogP contribution is 2.24. The Morgan fingerprint density at radius 1 is 1.33 bits per heavy atom. The summed E-state index contributed by atoms with van der Waals surface area (Å²) >= 11 is 1.95. The third kappa shape index (κ3) is 3.32. The van der Waals surface area contributed by atoms with E-state index in [4.69, 9.17) is 5.11 Å². The molecule has 0 aliphatic carbocycles. The van der Waals surface area contributed by atoms with Crippen molar-refractivity contribution < 1.29 is 15.0 Å². The monoisotopic (exact) mass is 267 g/mol. The van der Waals surface area contributed by atoms with Gasteiger partial charge in [0.2, 0.25) is 0 Å². The number of phenolic OH excluding ortho intramolecular Hbond substituents is 2. The molecule has 1 aliphatic heterocycles. The van der Waals surface area contributed by atoms with Crippen LogP contribution in [-0.2, 0) is 0 Å². The normalized spacial score (nSPS) is 16.4. The molecule has 1 amide bonds. The molecule has 0 spiro atoms. The third-order valence-electron chi connectivity index (χ3n) is 3.12. The van der Waals surface area contributed by atoms with E-state index in [1.54, 1.807) is 0 Å². The van der Waals surface area contributed by atoms with Gasteiger partial charge >= 0.3 is 0 Å². The van der Waals surface area contributed by atoms with Crippen molar-refractivity contribution >= 4 is 17.7 Å². The van der Waals surface area contributed by atoms with Crippen molar-refractivity contribution in [2.75, 3.05) is 18.1 Å². The Balaban J connectivity index is 1.90. The van der Waals surface area contributed by atoms with E-state index < -0.39 is 0 Å². The molecule has 1 heterocycles. The SMILES string of the molecule is O=C(NCC1CCSCC1)c1ccc(O)cc1O. The molecule has 1 aliphatic rings. The average molecular weight is 267 g/mol. The predicted octanol–water partition coefficient (Wildman–Crippen LogP) is 1.97. The lowest BCUT2D eigenvalue weighted by atomic mass is 10.0. The summed E-state index contributed by atoms with van der Waals surface area (Å²) in [7, 11) is 0. The van der Waals surface area contributed by atoms with Crippen molar-refractivity contribution in [3.8, 4) is 11.5 Å². The first-order valence-electron chi connectivity index (χ1n) is 6.05. The van der Waals surface area contributed by atoms with Crippen LogP contribution in [0.1, 0.15) is 23.2 Å². The first-order chi connectivity index (χ1) is 8.66. The van der Waals surface area contributed by atoms with Gasteiger partial charge in [-0.05, 0) is 42.4 Å². The second kappa shape index (κ2) is 6.00. The van der Waals surface area contributed by atoms with Crippen molar-refractivity contribution in [3.63, 3.8) is 0 Å². The van der Waals surface area contributed by atoms with Gasteiger partial charge < -0.3 is 15.5 Å². The van der Waals surface area contributed by atoms with Crippen LogP contribution in [-0.4, -0.2) is 34.2 Å². The summed E-state index contributed by atoms with van der Waals surface area (Å²) in [5, 5.41) is 21.6. The summed E-state index contributed by atoms with van der Waals surface area (Å²) in [4.78, 5) is 11.9. The Morgan fingerprint density at radius 3 is 2.72 bits per heavy atom. The van der Waals surface area contributed by atoms with Crippen LogP contribution >= 0.6 is 11.8 Å². The molecular formula is C13H17NO3S. The van der Waals surface area contributed by atoms with E-state index >= 15 is 0 Å². The van der Waals surface area contributed by atoms with E-state index in [0.29, 0.717) is 12.5 Å². The fourth-order valence-electron chi connectivity index (χ4n) is 1.99. The van der Waals surface area contributed by atoms with E-state index in [-0.39, 0.29) is 23.0 Å². The second-order valence-electron chi connectivity index (χ2n) is 4.47. The van der Waals surface area contributed by atoms with E-state index in [2.05, 4.69) is 5.32 Å². The molecule has 4 nitrogen and oxygen atoms in total. The van der Waals surface area contributed by atoms with Gasteiger partial charge in [0.1, 0.15) is 11.5 Å². The van der Waals surface area contributed by atoms with Crippen LogP contribution in [0.4, 0.5) is 0 Å². The fourth-order valence-corrected chi connectivity index (χ4v) is 3.20. The first kappa shape index (κ1) is 13.1. The summed E-state index contributed by atoms with van der Waals surface area (Å²) in [5.41, 5.74) is 0.206. The van der Waals surface area contributed by atoms with Gasteiger partial charge in [-0.3, -0.25) is 4.79 Å². The summed E-state index contributed by atoms with van der Waals surface area (Å²) in [6.07, 6.45) is 2.26. The molecule has 0 saturated carbocycles. The molecule has 1 saturated heterocycles. The number of thioether (sulfide) groups is 1. The summed E-state index contributed by atoms with van der Waals surface area (Å²) in [6.45, 7) is 0.652. The Labute approximate surface area is 110 Å². The summed E-state index contributed by atoms with van der Waals surface area (Å²) < 4.78 is 0. The minimum atomic E-state index is -0.286. The number of nitrogens with one attached hydrogen (secondary N) is 1. The zero-order chi connectivity index (χ0) is 13.0. The minimum absolute atomic E-state index is 0.0478. The van der Waals surface area contributed by atoms with Crippen molar-refractivity contribution in [2.45, 2.75) is 12.8 Å². The number of aromatic hydroxyl groups is 2. The van der Waals surface area contributed by atoms with Crippen molar-refractivity contribution in [1.29, 1.82) is 0 Å². The van der Waals surface area contributed by atoms with Crippen LogP contribution in [0.2, 0.25) is 0 Å². The zero-order valence-corrected chi connectivity index (χ0v) is 10.9. The molecule has 0 atom stereocenters. The van der Waals surface area contributed by atoms with Gasteiger partial charge in [0.15, 0.2) is 0 Å². The van der Waals surface area contributed by atoms with E-state index in [1.807, 2.05) is 11.8 Å². The lowest BCUT2D eigenvalue weighted by Gasteiger charge is -2.21. The molecule has 0 unspecified atom stereocenters. The highest BCUT2D eigenvalue weighted by atomic mass is 32.2. The van der Waals surface area contributed by atoms with Crippen molar-refractivity contribution in [2.24, 2.45) is 5.92 Å². The lowest BCUT2D eigenvalue weighted by molar-refractivity contribution is 0.0943. The van der Waals surface area contributed by atoms with E-state index in [0.717, 1.165) is 24.3 Å². The number of carbonyl (C=O) groups is 1. The second-order valence-corrected chi connectivity index (χ2v) is 5.69. The van der Waals surface area contributed by atoms with Crippen molar-refractivity contribution in [3.05, 3.63) is 23.8 Å². The molecule has 0 bridgehead atoms. The highest BCUT2D eigenvalue weighted by molar-refractivity contribution is 7.99.